The summed E-state index contributed by atoms with van der Waals surface area (Å²) >= 11 is 0. The molecule has 0 bridgehead atoms. The van der Waals surface area contributed by atoms with Crippen LogP contribution in [0.4, 0.5) is 8.78 Å². The van der Waals surface area contributed by atoms with Crippen molar-refractivity contribution in [2.75, 3.05) is 0 Å². The van der Waals surface area contributed by atoms with Crippen LogP contribution in [0.15, 0.2) is 12.3 Å². The summed E-state index contributed by atoms with van der Waals surface area (Å²) in [6.45, 7) is 0. The maximum Gasteiger partial charge on any atom is 0.149 e. The zero-order valence-corrected chi connectivity index (χ0v) is 5.88. The van der Waals surface area contributed by atoms with Crippen molar-refractivity contribution in [1.29, 1.82) is 0 Å². The van der Waals surface area contributed by atoms with Crippen LogP contribution in [0.2, 0.25) is 0 Å². The smallest absolute Gasteiger partial charge is 0.149 e. The monoisotopic (exact) mass is 157 g/mol. The van der Waals surface area contributed by atoms with Gasteiger partial charge >= 0.3 is 0 Å². The minimum atomic E-state index is -1.00. The molecule has 1 aromatic rings. The van der Waals surface area contributed by atoms with E-state index in [2.05, 4.69) is 4.98 Å². The van der Waals surface area contributed by atoms with Gasteiger partial charge in [0.05, 0.1) is 17.9 Å². The summed E-state index contributed by atoms with van der Waals surface area (Å²) in [5.74, 6) is -1.56. The predicted molar refractivity (Wildman–Crippen MR) is 37.7 cm³/mol. The van der Waals surface area contributed by atoms with Crippen LogP contribution in [-0.4, -0.2) is 17.9 Å². The average Bonchev–Trinajstić information content (AvgIpc) is 1.85. The predicted octanol–water partition coefficient (Wildman–Crippen LogP) is -0.0162. The van der Waals surface area contributed by atoms with Crippen molar-refractivity contribution < 1.29 is 13.9 Å². The lowest BCUT2D eigenvalue weighted by molar-refractivity contribution is 0.250. The van der Waals surface area contributed by atoms with E-state index in [0.717, 1.165) is 6.20 Å². The molecule has 2 nitrogen and oxygen atoms in total. The van der Waals surface area contributed by atoms with E-state index in [4.69, 9.17) is 5.11 Å². The molecule has 0 aliphatic heterocycles. The quantitative estimate of drug-likeness (QED) is 0.581. The lowest BCUT2D eigenvalue weighted by Crippen LogP contribution is -2.03. The molecule has 0 radical (unpaired) electrons. The summed E-state index contributed by atoms with van der Waals surface area (Å²) in [6, 6.07) is -0.315. The fourth-order valence-corrected chi connectivity index (χ4v) is 0.733. The maximum atomic E-state index is 12.6. The fourth-order valence-electron chi connectivity index (χ4n) is 0.733. The van der Waals surface area contributed by atoms with Gasteiger partial charge in [-0.05, 0) is 0 Å². The molecule has 1 unspecified atom stereocenters. The van der Waals surface area contributed by atoms with Crippen LogP contribution in [0.1, 0.15) is 11.7 Å². The van der Waals surface area contributed by atoms with Crippen molar-refractivity contribution in [3.63, 3.8) is 0 Å². The SMILES string of the molecule is BC(O)c1ncc(F)cc1F. The third-order valence-electron chi connectivity index (χ3n) is 1.23. The van der Waals surface area contributed by atoms with Crippen LogP contribution in [0.5, 0.6) is 0 Å². The summed E-state index contributed by atoms with van der Waals surface area (Å²) in [7, 11) is 1.36. The molecule has 5 heteroatoms. The minimum absolute atomic E-state index is 0.133. The Bertz CT molecular complexity index is 267. The number of hydrogen-bond acceptors (Lipinski definition) is 2. The van der Waals surface area contributed by atoms with E-state index >= 15 is 0 Å². The first-order valence-electron chi connectivity index (χ1n) is 3.10. The highest BCUT2D eigenvalue weighted by atomic mass is 19.1. The van der Waals surface area contributed by atoms with Gasteiger partial charge in [-0.15, -0.1) is 0 Å². The Labute approximate surface area is 63.3 Å². The third kappa shape index (κ3) is 1.74. The van der Waals surface area contributed by atoms with Crippen LogP contribution in [0.25, 0.3) is 0 Å². The number of nitrogens with zero attached hydrogens (tertiary/aromatic N) is 1. The number of aromatic nitrogens is 1. The van der Waals surface area contributed by atoms with E-state index in [-0.39, 0.29) is 5.69 Å². The van der Waals surface area contributed by atoms with Gasteiger partial charge in [0.25, 0.3) is 0 Å². The van der Waals surface area contributed by atoms with Crippen molar-refractivity contribution >= 4 is 7.85 Å². The van der Waals surface area contributed by atoms with E-state index in [9.17, 15) is 8.78 Å². The lowest BCUT2D eigenvalue weighted by Gasteiger charge is -2.03. The minimum Gasteiger partial charge on any atom is -0.396 e. The van der Waals surface area contributed by atoms with Crippen molar-refractivity contribution in [1.82, 2.24) is 4.98 Å². The molecular weight excluding hydrogens is 151 g/mol. The molecule has 58 valence electrons. The Morgan fingerprint density at radius 3 is 2.64 bits per heavy atom. The number of rotatable bonds is 1. The van der Waals surface area contributed by atoms with Crippen LogP contribution in [0, 0.1) is 11.6 Å². The van der Waals surface area contributed by atoms with E-state index in [1.807, 2.05) is 0 Å². The molecule has 1 aromatic heterocycles. The van der Waals surface area contributed by atoms with Crippen LogP contribution in [-0.2, 0) is 0 Å². The van der Waals surface area contributed by atoms with Gasteiger partial charge in [0.15, 0.2) is 0 Å². The van der Waals surface area contributed by atoms with Gasteiger partial charge in [-0.25, -0.2) is 8.78 Å². The molecule has 0 aromatic carbocycles. The van der Waals surface area contributed by atoms with Crippen molar-refractivity contribution in [2.45, 2.75) is 6.00 Å². The number of pyridine rings is 1. The second-order valence-electron chi connectivity index (χ2n) is 2.20. The molecule has 0 saturated heterocycles. The lowest BCUT2D eigenvalue weighted by atomic mass is 9.96. The summed E-state index contributed by atoms with van der Waals surface area (Å²) in [6.07, 6.45) is 0.866. The highest BCUT2D eigenvalue weighted by Crippen LogP contribution is 2.11. The van der Waals surface area contributed by atoms with Gasteiger partial charge in [0, 0.05) is 6.07 Å². The molecule has 1 atom stereocenters. The zero-order chi connectivity index (χ0) is 8.43. The molecule has 0 amide bonds. The zero-order valence-electron chi connectivity index (χ0n) is 5.88. The number of hydrogen-bond donors (Lipinski definition) is 1. The summed E-state index contributed by atoms with van der Waals surface area (Å²) in [4.78, 5) is 3.38. The Morgan fingerprint density at radius 2 is 2.18 bits per heavy atom. The highest BCUT2D eigenvalue weighted by molar-refractivity contribution is 6.10. The third-order valence-corrected chi connectivity index (χ3v) is 1.23. The first-order valence-corrected chi connectivity index (χ1v) is 3.10. The molecule has 0 saturated carbocycles. The van der Waals surface area contributed by atoms with Gasteiger partial charge in [-0.1, -0.05) is 0 Å². The molecule has 1 N–H and O–H groups in total. The van der Waals surface area contributed by atoms with Gasteiger partial charge in [-0.3, -0.25) is 4.98 Å². The first kappa shape index (κ1) is 8.13. The summed E-state index contributed by atoms with van der Waals surface area (Å²) in [5.41, 5.74) is -0.133. The van der Waals surface area contributed by atoms with Gasteiger partial charge in [0.1, 0.15) is 19.5 Å². The molecule has 0 aliphatic rings. The van der Waals surface area contributed by atoms with E-state index in [1.165, 1.54) is 7.85 Å². The largest absolute Gasteiger partial charge is 0.396 e. The standard InChI is InChI=1S/C6H6BF2NO/c7-6(11)5-4(9)1-3(8)2-10-5/h1-2,6,11H,7H2. The number of aliphatic hydroxyl groups is 1. The van der Waals surface area contributed by atoms with Crippen molar-refractivity contribution in [3.8, 4) is 0 Å². The van der Waals surface area contributed by atoms with Crippen molar-refractivity contribution in [3.05, 3.63) is 29.6 Å². The first-order chi connectivity index (χ1) is 5.11. The van der Waals surface area contributed by atoms with Crippen molar-refractivity contribution in [2.24, 2.45) is 0 Å². The average molecular weight is 157 g/mol. The Balaban J connectivity index is 3.09. The van der Waals surface area contributed by atoms with E-state index in [1.54, 1.807) is 0 Å². The Morgan fingerprint density at radius 1 is 1.55 bits per heavy atom. The highest BCUT2D eigenvalue weighted by Gasteiger charge is 2.09. The second kappa shape index (κ2) is 2.96. The Hall–Kier alpha value is -0.965. The molecule has 0 aliphatic carbocycles. The molecule has 1 heterocycles. The van der Waals surface area contributed by atoms with E-state index in [0.29, 0.717) is 6.07 Å². The van der Waals surface area contributed by atoms with Crippen LogP contribution < -0.4 is 0 Å². The topological polar surface area (TPSA) is 33.1 Å². The van der Waals surface area contributed by atoms with Gasteiger partial charge < -0.3 is 5.11 Å². The van der Waals surface area contributed by atoms with Gasteiger partial charge in [0.2, 0.25) is 0 Å². The summed E-state index contributed by atoms with van der Waals surface area (Å²) in [5, 5.41) is 8.87. The Kier molecular flexibility index (Phi) is 2.19. The fraction of sp³-hybridized carbons (Fsp3) is 0.167. The molecule has 11 heavy (non-hydrogen) atoms. The molecule has 0 spiro atoms. The second-order valence-corrected chi connectivity index (χ2v) is 2.20. The van der Waals surface area contributed by atoms with Gasteiger partial charge in [-0.2, -0.15) is 0 Å². The summed E-state index contributed by atoms with van der Waals surface area (Å²) < 4.78 is 24.9. The van der Waals surface area contributed by atoms with Crippen LogP contribution in [0.3, 0.4) is 0 Å². The number of aliphatic hydroxyl groups excluding tert-OH is 1. The maximum absolute atomic E-state index is 12.6. The normalized spacial score (nSPS) is 13.0. The number of halogens is 2. The van der Waals surface area contributed by atoms with E-state index < -0.39 is 17.6 Å². The molecule has 1 rings (SSSR count). The molecule has 0 fully saturated rings. The molecular formula is C6H6BF2NO. The van der Waals surface area contributed by atoms with Crippen LogP contribution >= 0.6 is 0 Å².